The van der Waals surface area contributed by atoms with Crippen LogP contribution < -0.4 is 10.1 Å². The molecule has 1 radical (unpaired) electrons. The molecule has 1 aromatic carbocycles. The molecule has 6 heteroatoms. The van der Waals surface area contributed by atoms with Gasteiger partial charge in [0.05, 0.1) is 0 Å². The minimum absolute atomic E-state index is 0.258. The van der Waals surface area contributed by atoms with Crippen molar-refractivity contribution in [2.75, 3.05) is 26.2 Å². The number of ether oxygens (including phenoxy) is 1. The van der Waals surface area contributed by atoms with Crippen LogP contribution in [0.2, 0.25) is 10.0 Å². The van der Waals surface area contributed by atoms with E-state index in [1.165, 1.54) is 32.2 Å². The van der Waals surface area contributed by atoms with Gasteiger partial charge in [-0.15, -0.1) is 0 Å². The molecule has 0 spiro atoms. The van der Waals surface area contributed by atoms with E-state index in [0.29, 0.717) is 15.8 Å². The standard InChI is InChI=1S/C20H24Cl2N3O/c21-15-12-16(22)14-18(13-15)26-20-7-2-6-19(23-20)25-9-3-8-24(10-11-25)17-4-1-5-17/h2,7,12-14,17,20,23H,1,3-5,8-11H2. The van der Waals surface area contributed by atoms with E-state index in [-0.39, 0.29) is 6.23 Å². The lowest BCUT2D eigenvalue weighted by Gasteiger charge is -2.37. The van der Waals surface area contributed by atoms with Gasteiger partial charge in [-0.3, -0.25) is 4.90 Å². The number of nitrogens with one attached hydrogen (secondary N) is 1. The number of hydrogen-bond acceptors (Lipinski definition) is 4. The summed E-state index contributed by atoms with van der Waals surface area (Å²) in [7, 11) is 0. The fourth-order valence-electron chi connectivity index (χ4n) is 3.71. The molecule has 0 aromatic heterocycles. The van der Waals surface area contributed by atoms with Crippen LogP contribution in [0.3, 0.4) is 0 Å². The number of rotatable bonds is 4. The first-order valence-electron chi connectivity index (χ1n) is 9.36. The Morgan fingerprint density at radius 3 is 2.54 bits per heavy atom. The van der Waals surface area contributed by atoms with Crippen LogP contribution >= 0.6 is 23.2 Å². The number of halogens is 2. The lowest BCUT2D eigenvalue weighted by molar-refractivity contribution is 0.131. The van der Waals surface area contributed by atoms with Gasteiger partial charge in [0.1, 0.15) is 11.6 Å². The first-order valence-corrected chi connectivity index (χ1v) is 10.1. The minimum Gasteiger partial charge on any atom is -0.467 e. The molecule has 2 heterocycles. The van der Waals surface area contributed by atoms with Crippen molar-refractivity contribution in [1.29, 1.82) is 0 Å². The summed E-state index contributed by atoms with van der Waals surface area (Å²) in [5, 5.41) is 4.56. The molecular weight excluding hydrogens is 369 g/mol. The van der Waals surface area contributed by atoms with Gasteiger partial charge in [-0.05, 0) is 49.6 Å². The molecule has 26 heavy (non-hydrogen) atoms. The van der Waals surface area contributed by atoms with E-state index in [2.05, 4.69) is 21.2 Å². The van der Waals surface area contributed by atoms with Gasteiger partial charge in [0, 0.05) is 48.3 Å². The summed E-state index contributed by atoms with van der Waals surface area (Å²) in [5.41, 5.74) is 0. The fourth-order valence-corrected chi connectivity index (χ4v) is 4.22. The molecule has 1 unspecified atom stereocenters. The van der Waals surface area contributed by atoms with Crippen molar-refractivity contribution >= 4 is 23.2 Å². The smallest absolute Gasteiger partial charge is 0.190 e. The molecule has 1 saturated heterocycles. The molecule has 4 rings (SSSR count). The maximum Gasteiger partial charge on any atom is 0.190 e. The van der Waals surface area contributed by atoms with Gasteiger partial charge in [-0.25, -0.2) is 0 Å². The molecular formula is C20H24Cl2N3O. The highest BCUT2D eigenvalue weighted by Gasteiger charge is 2.27. The van der Waals surface area contributed by atoms with Crippen LogP contribution in [0.5, 0.6) is 5.75 Å². The summed E-state index contributed by atoms with van der Waals surface area (Å²) in [4.78, 5) is 5.04. The van der Waals surface area contributed by atoms with Crippen molar-refractivity contribution in [3.63, 3.8) is 0 Å². The largest absolute Gasteiger partial charge is 0.467 e. The third-order valence-electron chi connectivity index (χ3n) is 5.31. The Morgan fingerprint density at radius 2 is 1.81 bits per heavy atom. The van der Waals surface area contributed by atoms with Crippen molar-refractivity contribution in [2.45, 2.75) is 38.0 Å². The van der Waals surface area contributed by atoms with Gasteiger partial charge >= 0.3 is 0 Å². The van der Waals surface area contributed by atoms with E-state index in [1.807, 2.05) is 12.2 Å². The molecule has 0 bridgehead atoms. The van der Waals surface area contributed by atoms with E-state index in [9.17, 15) is 0 Å². The van der Waals surface area contributed by atoms with Gasteiger partial charge < -0.3 is 15.0 Å². The number of benzene rings is 1. The first-order chi connectivity index (χ1) is 12.7. The van der Waals surface area contributed by atoms with E-state index < -0.39 is 0 Å². The molecule has 1 aromatic rings. The quantitative estimate of drug-likeness (QED) is 0.835. The summed E-state index contributed by atoms with van der Waals surface area (Å²) in [6, 6.07) is 6.06. The molecule has 1 aliphatic carbocycles. The van der Waals surface area contributed by atoms with Crippen molar-refractivity contribution in [3.05, 3.63) is 52.3 Å². The van der Waals surface area contributed by atoms with Crippen molar-refractivity contribution in [2.24, 2.45) is 0 Å². The molecule has 1 saturated carbocycles. The van der Waals surface area contributed by atoms with Crippen molar-refractivity contribution in [1.82, 2.24) is 15.1 Å². The third kappa shape index (κ3) is 4.30. The molecule has 139 valence electrons. The normalized spacial score (nSPS) is 24.5. The number of dihydropyridines is 1. The van der Waals surface area contributed by atoms with Crippen molar-refractivity contribution < 1.29 is 4.74 Å². The van der Waals surface area contributed by atoms with E-state index in [0.717, 1.165) is 31.5 Å². The predicted molar refractivity (Wildman–Crippen MR) is 105 cm³/mol. The summed E-state index contributed by atoms with van der Waals surface area (Å²) < 4.78 is 5.99. The highest BCUT2D eigenvalue weighted by atomic mass is 35.5. The Bertz CT molecular complexity index is 682. The highest BCUT2D eigenvalue weighted by Crippen LogP contribution is 2.27. The van der Waals surface area contributed by atoms with Crippen LogP contribution in [0.4, 0.5) is 0 Å². The Kier molecular flexibility index (Phi) is 5.63. The fraction of sp³-hybridized carbons (Fsp3) is 0.500. The number of hydrogen-bond donors (Lipinski definition) is 1. The van der Waals surface area contributed by atoms with Crippen molar-refractivity contribution in [3.8, 4) is 5.75 Å². The van der Waals surface area contributed by atoms with Gasteiger partial charge in [-0.2, -0.15) is 0 Å². The Labute approximate surface area is 165 Å². The lowest BCUT2D eigenvalue weighted by Crippen LogP contribution is -2.44. The summed E-state index contributed by atoms with van der Waals surface area (Å²) in [6.07, 6.45) is 12.3. The average molecular weight is 393 g/mol. The second-order valence-electron chi connectivity index (χ2n) is 7.10. The topological polar surface area (TPSA) is 27.7 Å². The first kappa shape index (κ1) is 18.0. The van der Waals surface area contributed by atoms with Gasteiger partial charge in [0.15, 0.2) is 6.23 Å². The van der Waals surface area contributed by atoms with Gasteiger partial charge in [0.25, 0.3) is 0 Å². The van der Waals surface area contributed by atoms with Gasteiger partial charge in [0.2, 0.25) is 0 Å². The maximum absolute atomic E-state index is 6.06. The zero-order chi connectivity index (χ0) is 17.9. The average Bonchev–Trinajstić information content (AvgIpc) is 2.79. The minimum atomic E-state index is -0.258. The van der Waals surface area contributed by atoms with Crippen LogP contribution in [-0.2, 0) is 0 Å². The summed E-state index contributed by atoms with van der Waals surface area (Å²) in [5.74, 6) is 1.65. The third-order valence-corrected chi connectivity index (χ3v) is 5.74. The monoisotopic (exact) mass is 392 g/mol. The maximum atomic E-state index is 6.06. The number of allylic oxidation sites excluding steroid dienone is 2. The predicted octanol–water partition coefficient (Wildman–Crippen LogP) is 4.06. The Hall–Kier alpha value is -1.36. The van der Waals surface area contributed by atoms with E-state index >= 15 is 0 Å². The van der Waals surface area contributed by atoms with Gasteiger partial charge in [-0.1, -0.05) is 29.6 Å². The van der Waals surface area contributed by atoms with Crippen LogP contribution in [0.15, 0.2) is 36.2 Å². The summed E-state index contributed by atoms with van der Waals surface area (Å²) in [6.45, 7) is 4.39. The molecule has 1 atom stereocenters. The van der Waals surface area contributed by atoms with Crippen LogP contribution in [0, 0.1) is 6.08 Å². The molecule has 2 fully saturated rings. The molecule has 3 aliphatic rings. The Balaban J connectivity index is 1.36. The molecule has 1 N–H and O–H groups in total. The van der Waals surface area contributed by atoms with Crippen LogP contribution in [0.1, 0.15) is 25.7 Å². The number of nitrogens with zero attached hydrogens (tertiary/aromatic N) is 2. The van der Waals surface area contributed by atoms with Crippen LogP contribution in [0.25, 0.3) is 0 Å². The SMILES string of the molecule is Clc1cc(Cl)cc(OC2C=C[C]=C(N3CCCN(C4CCC4)CC3)N2)c1. The Morgan fingerprint density at radius 1 is 1.00 bits per heavy atom. The molecule has 4 nitrogen and oxygen atoms in total. The zero-order valence-electron chi connectivity index (χ0n) is 14.8. The zero-order valence-corrected chi connectivity index (χ0v) is 16.3. The van der Waals surface area contributed by atoms with E-state index in [1.54, 1.807) is 18.2 Å². The lowest BCUT2D eigenvalue weighted by atomic mass is 9.91. The second-order valence-corrected chi connectivity index (χ2v) is 7.97. The summed E-state index contributed by atoms with van der Waals surface area (Å²) >= 11 is 12.1. The molecule has 0 amide bonds. The highest BCUT2D eigenvalue weighted by molar-refractivity contribution is 6.34. The van der Waals surface area contributed by atoms with Crippen LogP contribution in [-0.4, -0.2) is 48.2 Å². The second kappa shape index (κ2) is 8.12. The van der Waals surface area contributed by atoms with E-state index in [4.69, 9.17) is 27.9 Å². The molecule has 2 aliphatic heterocycles.